The van der Waals surface area contributed by atoms with Gasteiger partial charge >= 0.3 is 12.0 Å². The number of benzene rings is 1. The number of aromatic carboxylic acids is 1. The van der Waals surface area contributed by atoms with E-state index in [0.717, 1.165) is 0 Å². The lowest BCUT2D eigenvalue weighted by Gasteiger charge is -2.13. The van der Waals surface area contributed by atoms with Crippen molar-refractivity contribution in [1.29, 1.82) is 0 Å². The standard InChI is InChI=1S/C18H15N3O6/c1-24-14-9-15(25-2)21-18(20-14)27-13-7-3-6-12(16(13)17(22)23)26-11-5-4-8-19-10-11/h3-10H,1-2H3,(H,22,23). The molecule has 1 N–H and O–H groups in total. The number of hydrogen-bond donors (Lipinski definition) is 1. The second-order valence-corrected chi connectivity index (χ2v) is 5.06. The summed E-state index contributed by atoms with van der Waals surface area (Å²) < 4.78 is 21.3. The summed E-state index contributed by atoms with van der Waals surface area (Å²) in [6.45, 7) is 0. The van der Waals surface area contributed by atoms with Crippen LogP contribution in [0.25, 0.3) is 0 Å². The molecular weight excluding hydrogens is 354 g/mol. The molecule has 2 aromatic heterocycles. The van der Waals surface area contributed by atoms with E-state index in [9.17, 15) is 9.90 Å². The Morgan fingerprint density at radius 2 is 1.63 bits per heavy atom. The molecule has 27 heavy (non-hydrogen) atoms. The fraction of sp³-hybridized carbons (Fsp3) is 0.111. The summed E-state index contributed by atoms with van der Waals surface area (Å²) >= 11 is 0. The molecule has 0 saturated heterocycles. The summed E-state index contributed by atoms with van der Waals surface area (Å²) in [5.41, 5.74) is -0.188. The van der Waals surface area contributed by atoms with E-state index in [-0.39, 0.29) is 34.8 Å². The summed E-state index contributed by atoms with van der Waals surface area (Å²) in [5.74, 6) is -0.356. The molecule has 9 nitrogen and oxygen atoms in total. The van der Waals surface area contributed by atoms with E-state index in [1.54, 1.807) is 24.4 Å². The first-order chi connectivity index (χ1) is 13.1. The average molecular weight is 369 g/mol. The van der Waals surface area contributed by atoms with E-state index in [1.165, 1.54) is 38.6 Å². The molecule has 0 aliphatic heterocycles. The Morgan fingerprint density at radius 3 is 2.19 bits per heavy atom. The molecule has 0 saturated carbocycles. The lowest BCUT2D eigenvalue weighted by Crippen LogP contribution is -2.05. The number of carbonyl (C=O) groups is 1. The Hall–Kier alpha value is -3.88. The molecular formula is C18H15N3O6. The van der Waals surface area contributed by atoms with Crippen LogP contribution in [0.4, 0.5) is 0 Å². The van der Waals surface area contributed by atoms with Crippen molar-refractivity contribution in [2.45, 2.75) is 0 Å². The summed E-state index contributed by atoms with van der Waals surface area (Å²) in [6.07, 6.45) is 3.05. The fourth-order valence-corrected chi connectivity index (χ4v) is 2.16. The van der Waals surface area contributed by atoms with Crippen LogP contribution in [-0.4, -0.2) is 40.2 Å². The number of pyridine rings is 1. The average Bonchev–Trinajstić information content (AvgIpc) is 2.68. The van der Waals surface area contributed by atoms with Gasteiger partial charge in [0.05, 0.1) is 26.5 Å². The van der Waals surface area contributed by atoms with E-state index < -0.39 is 5.97 Å². The van der Waals surface area contributed by atoms with Crippen LogP contribution in [0.2, 0.25) is 0 Å². The molecule has 9 heteroatoms. The largest absolute Gasteiger partial charge is 0.481 e. The van der Waals surface area contributed by atoms with E-state index >= 15 is 0 Å². The number of methoxy groups -OCH3 is 2. The third-order valence-electron chi connectivity index (χ3n) is 3.34. The number of rotatable bonds is 7. The first-order valence-corrected chi connectivity index (χ1v) is 7.70. The minimum absolute atomic E-state index is 0.000744. The maximum absolute atomic E-state index is 11.8. The van der Waals surface area contributed by atoms with Crippen molar-refractivity contribution in [3.63, 3.8) is 0 Å². The van der Waals surface area contributed by atoms with Crippen molar-refractivity contribution in [3.8, 4) is 35.0 Å². The van der Waals surface area contributed by atoms with E-state index in [0.29, 0.717) is 5.75 Å². The number of ether oxygens (including phenoxy) is 4. The normalized spacial score (nSPS) is 10.1. The first kappa shape index (κ1) is 17.9. The molecule has 0 atom stereocenters. The first-order valence-electron chi connectivity index (χ1n) is 7.70. The Labute approximate surface area is 154 Å². The molecule has 3 aromatic rings. The molecule has 3 rings (SSSR count). The highest BCUT2D eigenvalue weighted by molar-refractivity contribution is 5.94. The highest BCUT2D eigenvalue weighted by Gasteiger charge is 2.20. The second-order valence-electron chi connectivity index (χ2n) is 5.06. The van der Waals surface area contributed by atoms with Gasteiger partial charge in [-0.25, -0.2) is 4.79 Å². The summed E-state index contributed by atoms with van der Waals surface area (Å²) in [4.78, 5) is 23.8. The van der Waals surface area contributed by atoms with Crippen LogP contribution in [0, 0.1) is 0 Å². The van der Waals surface area contributed by atoms with Crippen molar-refractivity contribution >= 4 is 5.97 Å². The van der Waals surface area contributed by atoms with Crippen molar-refractivity contribution in [3.05, 3.63) is 54.4 Å². The zero-order valence-electron chi connectivity index (χ0n) is 14.4. The lowest BCUT2D eigenvalue weighted by atomic mass is 10.2. The van der Waals surface area contributed by atoms with Crippen molar-refractivity contribution in [1.82, 2.24) is 15.0 Å². The van der Waals surface area contributed by atoms with E-state index in [4.69, 9.17) is 18.9 Å². The maximum atomic E-state index is 11.8. The van der Waals surface area contributed by atoms with Crippen LogP contribution in [0.3, 0.4) is 0 Å². The summed E-state index contributed by atoms with van der Waals surface area (Å²) in [5, 5.41) is 9.64. The monoisotopic (exact) mass is 369 g/mol. The summed E-state index contributed by atoms with van der Waals surface area (Å²) in [6, 6.07) is 9.23. The highest BCUT2D eigenvalue weighted by atomic mass is 16.5. The van der Waals surface area contributed by atoms with Gasteiger partial charge in [-0.15, -0.1) is 0 Å². The third kappa shape index (κ3) is 4.21. The Morgan fingerprint density at radius 1 is 0.963 bits per heavy atom. The van der Waals surface area contributed by atoms with Crippen molar-refractivity contribution < 1.29 is 28.8 Å². The van der Waals surface area contributed by atoms with Gasteiger partial charge in [0, 0.05) is 6.20 Å². The smallest absolute Gasteiger partial charge is 0.343 e. The van der Waals surface area contributed by atoms with Crippen molar-refractivity contribution in [2.75, 3.05) is 14.2 Å². The van der Waals surface area contributed by atoms with Gasteiger partial charge in [0.25, 0.3) is 0 Å². The van der Waals surface area contributed by atoms with Crippen LogP contribution in [-0.2, 0) is 0 Å². The molecule has 1 aromatic carbocycles. The van der Waals surface area contributed by atoms with Gasteiger partial charge in [-0.3, -0.25) is 4.98 Å². The topological polar surface area (TPSA) is 113 Å². The molecule has 2 heterocycles. The van der Waals surface area contributed by atoms with Gasteiger partial charge in [0.1, 0.15) is 22.8 Å². The zero-order chi connectivity index (χ0) is 19.2. The molecule has 0 spiro atoms. The van der Waals surface area contributed by atoms with Gasteiger partial charge in [0.2, 0.25) is 11.8 Å². The van der Waals surface area contributed by atoms with E-state index in [1.807, 2.05) is 0 Å². The predicted molar refractivity (Wildman–Crippen MR) is 92.9 cm³/mol. The third-order valence-corrected chi connectivity index (χ3v) is 3.34. The van der Waals surface area contributed by atoms with Crippen LogP contribution < -0.4 is 18.9 Å². The molecule has 0 bridgehead atoms. The SMILES string of the molecule is COc1cc(OC)nc(Oc2cccc(Oc3cccnc3)c2C(=O)O)n1. The molecule has 0 fully saturated rings. The molecule has 0 radical (unpaired) electrons. The van der Waals surface area contributed by atoms with Gasteiger partial charge < -0.3 is 24.1 Å². The molecule has 0 aliphatic rings. The Bertz CT molecular complexity index is 927. The van der Waals surface area contributed by atoms with Crippen LogP contribution >= 0.6 is 0 Å². The number of carboxylic acids is 1. The number of nitrogens with zero attached hydrogens (tertiary/aromatic N) is 3. The highest BCUT2D eigenvalue weighted by Crippen LogP contribution is 2.34. The number of hydrogen-bond acceptors (Lipinski definition) is 8. The molecule has 138 valence electrons. The second kappa shape index (κ2) is 8.00. The molecule has 0 amide bonds. The molecule has 0 unspecified atom stereocenters. The van der Waals surface area contributed by atoms with Gasteiger partial charge in [-0.05, 0) is 24.3 Å². The van der Waals surface area contributed by atoms with Crippen LogP contribution in [0.5, 0.6) is 35.0 Å². The summed E-state index contributed by atoms with van der Waals surface area (Å²) in [7, 11) is 2.85. The lowest BCUT2D eigenvalue weighted by molar-refractivity contribution is 0.0691. The van der Waals surface area contributed by atoms with Gasteiger partial charge in [-0.1, -0.05) is 6.07 Å². The number of carboxylic acid groups (broad SMARTS) is 1. The zero-order valence-corrected chi connectivity index (χ0v) is 14.4. The van der Waals surface area contributed by atoms with Crippen LogP contribution in [0.15, 0.2) is 48.8 Å². The molecule has 0 aliphatic carbocycles. The minimum atomic E-state index is -1.24. The number of aromatic nitrogens is 3. The quantitative estimate of drug-likeness (QED) is 0.671. The Balaban J connectivity index is 1.98. The predicted octanol–water partition coefficient (Wildman–Crippen LogP) is 3.17. The van der Waals surface area contributed by atoms with E-state index in [2.05, 4.69) is 15.0 Å². The maximum Gasteiger partial charge on any atom is 0.343 e. The van der Waals surface area contributed by atoms with Crippen molar-refractivity contribution in [2.24, 2.45) is 0 Å². The van der Waals surface area contributed by atoms with Gasteiger partial charge in [0.15, 0.2) is 0 Å². The fourth-order valence-electron chi connectivity index (χ4n) is 2.16. The Kier molecular flexibility index (Phi) is 5.31. The van der Waals surface area contributed by atoms with Crippen LogP contribution in [0.1, 0.15) is 10.4 Å². The minimum Gasteiger partial charge on any atom is -0.481 e. The van der Waals surface area contributed by atoms with Gasteiger partial charge in [-0.2, -0.15) is 9.97 Å².